The molecule has 0 aromatic heterocycles. The molecule has 1 amide bonds. The Morgan fingerprint density at radius 1 is 0.926 bits per heavy atom. The second-order valence-electron chi connectivity index (χ2n) is 5.67. The van der Waals surface area contributed by atoms with Crippen molar-refractivity contribution in [1.29, 1.82) is 10.5 Å². The van der Waals surface area contributed by atoms with Crippen molar-refractivity contribution in [3.05, 3.63) is 71.8 Å². The smallest absolute Gasteiger partial charge is 0.421 e. The summed E-state index contributed by atoms with van der Waals surface area (Å²) < 4.78 is 5.07. The van der Waals surface area contributed by atoms with Crippen LogP contribution in [0.1, 0.15) is 11.1 Å². The quantitative estimate of drug-likeness (QED) is 0.696. The highest BCUT2D eigenvalue weighted by atomic mass is 16.6. The van der Waals surface area contributed by atoms with E-state index in [-0.39, 0.29) is 13.0 Å². The van der Waals surface area contributed by atoms with Gasteiger partial charge in [-0.1, -0.05) is 60.7 Å². The molecule has 2 rings (SSSR count). The van der Waals surface area contributed by atoms with Crippen LogP contribution < -0.4 is 10.9 Å². The van der Waals surface area contributed by atoms with Crippen molar-refractivity contribution >= 4 is 11.9 Å². The van der Waals surface area contributed by atoms with Gasteiger partial charge in [-0.25, -0.2) is 10.2 Å². The fraction of sp³-hybridized carbons (Fsp3) is 0.200. The van der Waals surface area contributed by atoms with Crippen LogP contribution in [0.5, 0.6) is 0 Å². The SMILES string of the molecule is N#CC(C#N)C(=O)[C@H](Cc1ccccc1)NNC(=O)OCc1ccccc1. The van der Waals surface area contributed by atoms with E-state index < -0.39 is 23.8 Å². The van der Waals surface area contributed by atoms with Crippen LogP contribution in [0.4, 0.5) is 4.79 Å². The fourth-order valence-corrected chi connectivity index (χ4v) is 2.34. The number of Topliss-reactive ketones (excluding diaryl/α,β-unsaturated/α-hetero) is 1. The fourth-order valence-electron chi connectivity index (χ4n) is 2.34. The number of hydrogen-bond donors (Lipinski definition) is 2. The van der Waals surface area contributed by atoms with Gasteiger partial charge in [0.1, 0.15) is 6.61 Å². The highest BCUT2D eigenvalue weighted by molar-refractivity contribution is 5.90. The van der Waals surface area contributed by atoms with Gasteiger partial charge >= 0.3 is 6.09 Å². The van der Waals surface area contributed by atoms with Gasteiger partial charge in [-0.2, -0.15) is 10.5 Å². The van der Waals surface area contributed by atoms with Gasteiger partial charge in [-0.15, -0.1) is 0 Å². The number of amides is 1. The molecule has 0 spiro atoms. The molecule has 136 valence electrons. The van der Waals surface area contributed by atoms with Gasteiger partial charge in [0.2, 0.25) is 0 Å². The number of hydrogen-bond acceptors (Lipinski definition) is 6. The number of rotatable bonds is 8. The highest BCUT2D eigenvalue weighted by Crippen LogP contribution is 2.08. The van der Waals surface area contributed by atoms with E-state index in [2.05, 4.69) is 10.9 Å². The maximum absolute atomic E-state index is 12.4. The van der Waals surface area contributed by atoms with E-state index in [0.717, 1.165) is 11.1 Å². The van der Waals surface area contributed by atoms with Crippen LogP contribution in [-0.2, 0) is 22.6 Å². The number of ketones is 1. The summed E-state index contributed by atoms with van der Waals surface area (Å²) in [4.78, 5) is 24.3. The van der Waals surface area contributed by atoms with E-state index in [1.165, 1.54) is 0 Å². The Bertz CT molecular complexity index is 827. The lowest BCUT2D eigenvalue weighted by Crippen LogP contribution is -2.50. The lowest BCUT2D eigenvalue weighted by molar-refractivity contribution is -0.122. The number of carbonyl (C=O) groups is 2. The molecular formula is C20H18N4O3. The van der Waals surface area contributed by atoms with Crippen molar-refractivity contribution in [2.75, 3.05) is 0 Å². The maximum atomic E-state index is 12.4. The minimum Gasteiger partial charge on any atom is -0.444 e. The van der Waals surface area contributed by atoms with Crippen LogP contribution >= 0.6 is 0 Å². The molecule has 0 aliphatic rings. The summed E-state index contributed by atoms with van der Waals surface area (Å²) in [5, 5.41) is 17.9. The summed E-state index contributed by atoms with van der Waals surface area (Å²) in [5.74, 6) is -2.04. The van der Waals surface area contributed by atoms with E-state index >= 15 is 0 Å². The summed E-state index contributed by atoms with van der Waals surface area (Å²) in [6, 6.07) is 20.6. The molecule has 1 atom stereocenters. The van der Waals surface area contributed by atoms with E-state index in [0.29, 0.717) is 0 Å². The van der Waals surface area contributed by atoms with Gasteiger partial charge in [0.15, 0.2) is 11.7 Å². The summed E-state index contributed by atoms with van der Waals surface area (Å²) in [6.07, 6.45) is -0.562. The molecule has 0 saturated carbocycles. The first-order chi connectivity index (χ1) is 13.1. The molecule has 2 N–H and O–H groups in total. The largest absolute Gasteiger partial charge is 0.444 e. The Morgan fingerprint density at radius 2 is 1.48 bits per heavy atom. The molecule has 0 unspecified atom stereocenters. The van der Waals surface area contributed by atoms with Crippen molar-refractivity contribution in [1.82, 2.24) is 10.9 Å². The van der Waals surface area contributed by atoms with Crippen LogP contribution in [-0.4, -0.2) is 17.9 Å². The van der Waals surface area contributed by atoms with Gasteiger partial charge in [-0.3, -0.25) is 10.2 Å². The van der Waals surface area contributed by atoms with Crippen LogP contribution in [0.25, 0.3) is 0 Å². The minimum absolute atomic E-state index is 0.0741. The number of nitriles is 2. The molecule has 0 heterocycles. The molecule has 7 nitrogen and oxygen atoms in total. The summed E-state index contributed by atoms with van der Waals surface area (Å²) in [6.45, 7) is 0.0741. The number of nitrogens with one attached hydrogen (secondary N) is 2. The molecule has 27 heavy (non-hydrogen) atoms. The second-order valence-corrected chi connectivity index (χ2v) is 5.67. The predicted molar refractivity (Wildman–Crippen MR) is 96.6 cm³/mol. The number of benzene rings is 2. The van der Waals surface area contributed by atoms with E-state index in [4.69, 9.17) is 15.3 Å². The maximum Gasteiger partial charge on any atom is 0.421 e. The zero-order chi connectivity index (χ0) is 19.5. The second kappa shape index (κ2) is 10.3. The Labute approximate surface area is 157 Å². The van der Waals surface area contributed by atoms with Gasteiger partial charge in [0.05, 0.1) is 18.2 Å². The summed E-state index contributed by atoms with van der Waals surface area (Å²) >= 11 is 0. The molecule has 0 radical (unpaired) electrons. The summed E-state index contributed by atoms with van der Waals surface area (Å²) in [5.41, 5.74) is 6.52. The van der Waals surface area contributed by atoms with Crippen molar-refractivity contribution in [2.45, 2.75) is 19.1 Å². The monoisotopic (exact) mass is 362 g/mol. The van der Waals surface area contributed by atoms with Gasteiger partial charge in [0.25, 0.3) is 0 Å². The Kier molecular flexibility index (Phi) is 7.52. The number of hydrazine groups is 1. The molecule has 0 fully saturated rings. The Morgan fingerprint density at radius 3 is 2.04 bits per heavy atom. The Balaban J connectivity index is 1.96. The third-order valence-electron chi connectivity index (χ3n) is 3.73. The van der Waals surface area contributed by atoms with E-state index in [9.17, 15) is 9.59 Å². The van der Waals surface area contributed by atoms with Crippen LogP contribution in [0.3, 0.4) is 0 Å². The van der Waals surface area contributed by atoms with E-state index in [1.807, 2.05) is 60.7 Å². The molecule has 2 aromatic carbocycles. The normalized spacial score (nSPS) is 11.1. The van der Waals surface area contributed by atoms with Crippen LogP contribution in [0, 0.1) is 28.6 Å². The predicted octanol–water partition coefficient (Wildman–Crippen LogP) is 2.26. The van der Waals surface area contributed by atoms with Gasteiger partial charge < -0.3 is 4.74 Å². The molecular weight excluding hydrogens is 344 g/mol. The average molecular weight is 362 g/mol. The topological polar surface area (TPSA) is 115 Å². The van der Waals surface area contributed by atoms with Crippen LogP contribution in [0.15, 0.2) is 60.7 Å². The first-order valence-electron chi connectivity index (χ1n) is 8.23. The first kappa shape index (κ1) is 19.6. The molecule has 0 aliphatic heterocycles. The molecule has 7 heteroatoms. The number of nitrogens with zero attached hydrogens (tertiary/aromatic N) is 2. The third-order valence-corrected chi connectivity index (χ3v) is 3.73. The van der Waals surface area contributed by atoms with E-state index in [1.54, 1.807) is 12.1 Å². The number of ether oxygens (including phenoxy) is 1. The third kappa shape index (κ3) is 6.28. The van der Waals surface area contributed by atoms with Gasteiger partial charge in [-0.05, 0) is 17.5 Å². The first-order valence-corrected chi connectivity index (χ1v) is 8.23. The standard InChI is InChI=1S/C20H18N4O3/c21-12-17(13-22)19(25)18(11-15-7-3-1-4-8-15)23-24-20(26)27-14-16-9-5-2-6-10-16/h1-10,17-18,23H,11,14H2,(H,24,26)/t18-/m0/s1. The average Bonchev–Trinajstić information content (AvgIpc) is 2.72. The Hall–Kier alpha value is -3.68. The molecule has 0 aliphatic carbocycles. The molecule has 0 bridgehead atoms. The van der Waals surface area contributed by atoms with Crippen LogP contribution in [0.2, 0.25) is 0 Å². The zero-order valence-electron chi connectivity index (χ0n) is 14.5. The van der Waals surface area contributed by atoms with Crippen molar-refractivity contribution < 1.29 is 14.3 Å². The minimum atomic E-state index is -1.42. The zero-order valence-corrected chi connectivity index (χ0v) is 14.5. The summed E-state index contributed by atoms with van der Waals surface area (Å²) in [7, 11) is 0. The molecule has 2 aromatic rings. The van der Waals surface area contributed by atoms with Gasteiger partial charge in [0, 0.05) is 0 Å². The van der Waals surface area contributed by atoms with Crippen molar-refractivity contribution in [3.63, 3.8) is 0 Å². The number of carbonyl (C=O) groups excluding carboxylic acids is 2. The van der Waals surface area contributed by atoms with Crippen molar-refractivity contribution in [3.8, 4) is 12.1 Å². The molecule has 0 saturated heterocycles. The highest BCUT2D eigenvalue weighted by Gasteiger charge is 2.27. The lowest BCUT2D eigenvalue weighted by Gasteiger charge is -2.18. The lowest BCUT2D eigenvalue weighted by atomic mass is 9.95. The van der Waals surface area contributed by atoms with Crippen molar-refractivity contribution in [2.24, 2.45) is 5.92 Å².